The van der Waals surface area contributed by atoms with Crippen LogP contribution in [-0.2, 0) is 6.42 Å². The van der Waals surface area contributed by atoms with Gasteiger partial charge in [-0.1, -0.05) is 27.2 Å². The molecule has 5 rings (SSSR count). The zero-order chi connectivity index (χ0) is 28.6. The number of primary amides is 1. The lowest BCUT2D eigenvalue weighted by Gasteiger charge is -2.33. The van der Waals surface area contributed by atoms with Crippen LogP contribution in [0.1, 0.15) is 60.4 Å². The van der Waals surface area contributed by atoms with Gasteiger partial charge in [0.2, 0.25) is 5.91 Å². The monoisotopic (exact) mass is 541 g/mol. The van der Waals surface area contributed by atoms with Crippen LogP contribution in [0.4, 0.5) is 5.82 Å². The minimum Gasteiger partial charge on any atom is -0.366 e. The number of piperazine rings is 1. The summed E-state index contributed by atoms with van der Waals surface area (Å²) in [4.78, 5) is 38.3. The topological polar surface area (TPSA) is 113 Å². The van der Waals surface area contributed by atoms with Gasteiger partial charge in [0.05, 0.1) is 23.3 Å². The fourth-order valence-corrected chi connectivity index (χ4v) is 5.85. The second-order valence-electron chi connectivity index (χ2n) is 11.3. The Bertz CT molecular complexity index is 1600. The van der Waals surface area contributed by atoms with Crippen molar-refractivity contribution in [3.8, 4) is 11.1 Å². The maximum Gasteiger partial charge on any atom is 0.253 e. The third kappa shape index (κ3) is 5.25. The highest BCUT2D eigenvalue weighted by molar-refractivity contribution is 6.07. The smallest absolute Gasteiger partial charge is 0.253 e. The van der Waals surface area contributed by atoms with Gasteiger partial charge in [-0.05, 0) is 73.3 Å². The highest BCUT2D eigenvalue weighted by Crippen LogP contribution is 2.34. The average Bonchev–Trinajstić information content (AvgIpc) is 3.33. The van der Waals surface area contributed by atoms with Crippen LogP contribution in [0.5, 0.6) is 0 Å². The van der Waals surface area contributed by atoms with Crippen molar-refractivity contribution in [2.24, 2.45) is 11.7 Å². The van der Waals surface area contributed by atoms with E-state index in [1.165, 1.54) is 0 Å². The zero-order valence-corrected chi connectivity index (χ0v) is 24.1. The highest BCUT2D eigenvalue weighted by atomic mass is 16.1. The Morgan fingerprint density at radius 3 is 2.52 bits per heavy atom. The summed E-state index contributed by atoms with van der Waals surface area (Å²) in [5, 5.41) is 5.44. The number of H-pyrrole nitrogens is 1. The third-order valence-electron chi connectivity index (χ3n) is 7.89. The fraction of sp³-hybridized carbons (Fsp3) is 0.419. The van der Waals surface area contributed by atoms with Crippen LogP contribution in [0, 0.1) is 12.8 Å². The molecule has 0 saturated carbocycles. The van der Waals surface area contributed by atoms with Gasteiger partial charge in [-0.3, -0.25) is 14.3 Å². The largest absolute Gasteiger partial charge is 0.366 e. The summed E-state index contributed by atoms with van der Waals surface area (Å²) in [7, 11) is 2.13. The van der Waals surface area contributed by atoms with E-state index in [0.29, 0.717) is 10.9 Å². The number of amides is 1. The summed E-state index contributed by atoms with van der Waals surface area (Å²) in [5.74, 6) is 0.462. The number of aromatic nitrogens is 4. The van der Waals surface area contributed by atoms with Gasteiger partial charge in [0.15, 0.2) is 0 Å². The molecule has 0 radical (unpaired) electrons. The normalized spacial score (nSPS) is 15.2. The molecule has 4 heterocycles. The molecular formula is C31H39N7O2. The fourth-order valence-electron chi connectivity index (χ4n) is 5.85. The Morgan fingerprint density at radius 1 is 1.10 bits per heavy atom. The summed E-state index contributed by atoms with van der Waals surface area (Å²) in [6, 6.07) is 9.66. The molecule has 9 heteroatoms. The van der Waals surface area contributed by atoms with Crippen molar-refractivity contribution in [1.82, 2.24) is 24.6 Å². The number of likely N-dealkylation sites (N-methyl/N-ethyl adjacent to an activating group) is 1. The Kier molecular flexibility index (Phi) is 7.76. The van der Waals surface area contributed by atoms with E-state index >= 15 is 0 Å². The van der Waals surface area contributed by atoms with Gasteiger partial charge in [-0.25, -0.2) is 4.98 Å². The van der Waals surface area contributed by atoms with Crippen molar-refractivity contribution in [1.29, 1.82) is 0 Å². The van der Waals surface area contributed by atoms with E-state index < -0.39 is 5.91 Å². The number of aryl methyl sites for hydroxylation is 2. The maximum atomic E-state index is 13.4. The number of benzene rings is 1. The molecule has 1 aliphatic rings. The number of hydrogen-bond donors (Lipinski definition) is 2. The molecule has 4 aromatic rings. The van der Waals surface area contributed by atoms with E-state index in [9.17, 15) is 9.59 Å². The van der Waals surface area contributed by atoms with Gasteiger partial charge in [0.25, 0.3) is 5.56 Å². The van der Waals surface area contributed by atoms with Crippen LogP contribution >= 0.6 is 0 Å². The lowest BCUT2D eigenvalue weighted by atomic mass is 9.91. The number of anilines is 1. The number of nitrogens with zero attached hydrogens (tertiary/aromatic N) is 5. The Balaban J connectivity index is 1.67. The Morgan fingerprint density at radius 2 is 1.85 bits per heavy atom. The summed E-state index contributed by atoms with van der Waals surface area (Å²) < 4.78 is 1.90. The predicted molar refractivity (Wildman–Crippen MR) is 160 cm³/mol. The molecule has 1 unspecified atom stereocenters. The number of aromatic amines is 1. The van der Waals surface area contributed by atoms with Crippen molar-refractivity contribution in [3.05, 3.63) is 75.5 Å². The van der Waals surface area contributed by atoms with Crippen molar-refractivity contribution < 1.29 is 4.79 Å². The number of carbonyl (C=O) groups excluding carboxylic acids is 1. The summed E-state index contributed by atoms with van der Waals surface area (Å²) in [6.45, 7) is 12.0. The molecule has 9 nitrogen and oxygen atoms in total. The Hall–Kier alpha value is -3.98. The van der Waals surface area contributed by atoms with Crippen LogP contribution in [-0.4, -0.2) is 63.8 Å². The molecule has 3 N–H and O–H groups in total. The van der Waals surface area contributed by atoms with E-state index in [-0.39, 0.29) is 17.5 Å². The first kappa shape index (κ1) is 27.6. The van der Waals surface area contributed by atoms with Gasteiger partial charge in [-0.2, -0.15) is 5.10 Å². The van der Waals surface area contributed by atoms with Crippen LogP contribution in [0.25, 0.3) is 22.0 Å². The van der Waals surface area contributed by atoms with E-state index in [1.807, 2.05) is 29.9 Å². The number of pyridine rings is 2. The first-order valence-electron chi connectivity index (χ1n) is 14.1. The quantitative estimate of drug-likeness (QED) is 0.347. The zero-order valence-electron chi connectivity index (χ0n) is 24.1. The van der Waals surface area contributed by atoms with Crippen LogP contribution in [0.3, 0.4) is 0 Å². The van der Waals surface area contributed by atoms with E-state index in [1.54, 1.807) is 6.20 Å². The Labute approximate surface area is 235 Å². The molecule has 0 bridgehead atoms. The first-order chi connectivity index (χ1) is 19.2. The highest BCUT2D eigenvalue weighted by Gasteiger charge is 2.28. The van der Waals surface area contributed by atoms with Gasteiger partial charge >= 0.3 is 0 Å². The second-order valence-corrected chi connectivity index (χ2v) is 11.3. The second kappa shape index (κ2) is 11.3. The van der Waals surface area contributed by atoms with Gasteiger partial charge in [-0.15, -0.1) is 0 Å². The van der Waals surface area contributed by atoms with Crippen molar-refractivity contribution in [2.75, 3.05) is 38.1 Å². The number of nitrogens with two attached hydrogens (primary N) is 1. The minimum absolute atomic E-state index is 0.0629. The van der Waals surface area contributed by atoms with Gasteiger partial charge in [0.1, 0.15) is 5.82 Å². The summed E-state index contributed by atoms with van der Waals surface area (Å²) in [5.41, 5.74) is 11.4. The lowest BCUT2D eigenvalue weighted by molar-refractivity contribution is 0.100. The number of carbonyl (C=O) groups is 1. The molecule has 1 atom stereocenters. The maximum absolute atomic E-state index is 13.4. The summed E-state index contributed by atoms with van der Waals surface area (Å²) >= 11 is 0. The van der Waals surface area contributed by atoms with Crippen LogP contribution in [0.2, 0.25) is 0 Å². The van der Waals surface area contributed by atoms with E-state index in [4.69, 9.17) is 10.8 Å². The van der Waals surface area contributed by atoms with Crippen LogP contribution < -0.4 is 16.2 Å². The number of hydrogen-bond acceptors (Lipinski definition) is 6. The average molecular weight is 542 g/mol. The van der Waals surface area contributed by atoms with Crippen molar-refractivity contribution in [2.45, 2.75) is 46.6 Å². The van der Waals surface area contributed by atoms with E-state index in [0.717, 1.165) is 78.3 Å². The third-order valence-corrected chi connectivity index (χ3v) is 7.89. The molecule has 1 aliphatic heterocycles. The number of rotatable bonds is 8. The lowest BCUT2D eigenvalue weighted by Crippen LogP contribution is -2.44. The molecule has 1 amide bonds. The van der Waals surface area contributed by atoms with Crippen LogP contribution in [0.15, 0.2) is 47.5 Å². The minimum atomic E-state index is -0.513. The van der Waals surface area contributed by atoms with E-state index in [2.05, 4.69) is 65.8 Å². The first-order valence-corrected chi connectivity index (χ1v) is 14.1. The molecule has 0 aliphatic carbocycles. The number of nitrogens with one attached hydrogen (secondary N) is 1. The predicted octanol–water partition coefficient (Wildman–Crippen LogP) is 4.14. The standard InChI is InChI=1S/C31H39N7O2/c1-6-7-22-14-20(4)35-31(40)28(22)29(19(2)3)38-26-16-23(15-24(30(32)39)25(26)18-34-38)21-8-9-33-27(17-21)37-12-10-36(5)11-13-37/h8-9,14-19,29H,6-7,10-13H2,1-5H3,(H2,32,39)(H,35,40). The van der Waals surface area contributed by atoms with Gasteiger partial charge < -0.3 is 20.5 Å². The molecule has 1 aromatic carbocycles. The SMILES string of the molecule is CCCc1cc(C)[nH]c(=O)c1C(C(C)C)n1ncc2c(C(N)=O)cc(-c3ccnc(N4CCN(C)CC4)c3)cc21. The van der Waals surface area contributed by atoms with Crippen molar-refractivity contribution >= 4 is 22.6 Å². The molecule has 1 fully saturated rings. The molecule has 210 valence electrons. The molecule has 40 heavy (non-hydrogen) atoms. The molecule has 3 aromatic heterocycles. The molecule has 1 saturated heterocycles. The van der Waals surface area contributed by atoms with Crippen molar-refractivity contribution in [3.63, 3.8) is 0 Å². The summed E-state index contributed by atoms with van der Waals surface area (Å²) in [6.07, 6.45) is 5.23. The molecule has 0 spiro atoms. The molecular weight excluding hydrogens is 502 g/mol. The number of fused-ring (bicyclic) bond motifs is 1. The van der Waals surface area contributed by atoms with Gasteiger partial charge in [0, 0.05) is 49.0 Å².